The van der Waals surface area contributed by atoms with Crippen molar-refractivity contribution in [2.45, 2.75) is 58.0 Å². The van der Waals surface area contributed by atoms with Gasteiger partial charge in [-0.15, -0.1) is 0 Å². The molecule has 1 N–H and O–H groups in total. The van der Waals surface area contributed by atoms with E-state index in [1.807, 2.05) is 25.4 Å². The van der Waals surface area contributed by atoms with E-state index in [2.05, 4.69) is 49.3 Å². The van der Waals surface area contributed by atoms with Crippen LogP contribution in [0.5, 0.6) is 0 Å². The molecule has 0 bridgehead atoms. The van der Waals surface area contributed by atoms with Crippen LogP contribution in [0.3, 0.4) is 0 Å². The van der Waals surface area contributed by atoms with Crippen LogP contribution in [0, 0.1) is 12.8 Å². The molecule has 30 heavy (non-hydrogen) atoms. The van der Waals surface area contributed by atoms with Gasteiger partial charge in [-0.05, 0) is 56.6 Å². The van der Waals surface area contributed by atoms with Crippen LogP contribution in [0.1, 0.15) is 59.2 Å². The van der Waals surface area contributed by atoms with Gasteiger partial charge in [-0.2, -0.15) is 5.10 Å². The highest BCUT2D eigenvalue weighted by Crippen LogP contribution is 2.31. The van der Waals surface area contributed by atoms with E-state index in [-0.39, 0.29) is 17.9 Å². The number of aromatic nitrogens is 4. The standard InChI is InChI=1S/C24H27N5O/c1-16-25-13-19-12-18(10-11-21(19)27-16)24(30)28-22-8-5-9-23-20(22)14-26-29(23)15-17-6-3-2-4-7-17/h2-4,6-7,13-14,18,22H,5,8-12,15H2,1H3,(H,28,30). The molecule has 154 valence electrons. The van der Waals surface area contributed by atoms with E-state index in [0.29, 0.717) is 0 Å². The smallest absolute Gasteiger partial charge is 0.223 e. The van der Waals surface area contributed by atoms with E-state index < -0.39 is 0 Å². The van der Waals surface area contributed by atoms with Crippen molar-refractivity contribution in [1.82, 2.24) is 25.1 Å². The number of nitrogens with one attached hydrogen (secondary N) is 1. The quantitative estimate of drug-likeness (QED) is 0.728. The first-order chi connectivity index (χ1) is 14.7. The van der Waals surface area contributed by atoms with Crippen molar-refractivity contribution in [3.8, 4) is 0 Å². The molecule has 2 unspecified atom stereocenters. The van der Waals surface area contributed by atoms with Gasteiger partial charge >= 0.3 is 0 Å². The van der Waals surface area contributed by atoms with Crippen molar-refractivity contribution in [3.63, 3.8) is 0 Å². The third-order valence-corrected chi connectivity index (χ3v) is 6.40. The number of hydrogen-bond acceptors (Lipinski definition) is 4. The Labute approximate surface area is 176 Å². The summed E-state index contributed by atoms with van der Waals surface area (Å²) in [4.78, 5) is 21.9. The predicted octanol–water partition coefficient (Wildman–Crippen LogP) is 3.33. The third-order valence-electron chi connectivity index (χ3n) is 6.40. The van der Waals surface area contributed by atoms with Crippen LogP contribution in [0.4, 0.5) is 0 Å². The topological polar surface area (TPSA) is 72.7 Å². The van der Waals surface area contributed by atoms with Crippen molar-refractivity contribution in [1.29, 1.82) is 0 Å². The molecule has 0 saturated carbocycles. The number of rotatable bonds is 4. The first kappa shape index (κ1) is 19.0. The Bertz CT molecular complexity index is 1060. The van der Waals surface area contributed by atoms with Crippen molar-refractivity contribution >= 4 is 5.91 Å². The monoisotopic (exact) mass is 401 g/mol. The molecule has 0 saturated heterocycles. The molecular formula is C24H27N5O. The lowest BCUT2D eigenvalue weighted by atomic mass is 9.85. The largest absolute Gasteiger partial charge is 0.349 e. The van der Waals surface area contributed by atoms with Crippen molar-refractivity contribution in [2.75, 3.05) is 0 Å². The maximum absolute atomic E-state index is 13.1. The lowest BCUT2D eigenvalue weighted by Gasteiger charge is -2.28. The molecule has 0 radical (unpaired) electrons. The second-order valence-corrected chi connectivity index (χ2v) is 8.47. The summed E-state index contributed by atoms with van der Waals surface area (Å²) in [5.74, 6) is 0.947. The highest BCUT2D eigenvalue weighted by atomic mass is 16.1. The first-order valence-corrected chi connectivity index (χ1v) is 10.9. The second kappa shape index (κ2) is 8.01. The Morgan fingerprint density at radius 3 is 2.90 bits per heavy atom. The van der Waals surface area contributed by atoms with E-state index in [4.69, 9.17) is 0 Å². The van der Waals surface area contributed by atoms with Crippen LogP contribution < -0.4 is 5.32 Å². The van der Waals surface area contributed by atoms with E-state index in [9.17, 15) is 4.79 Å². The maximum Gasteiger partial charge on any atom is 0.223 e. The summed E-state index contributed by atoms with van der Waals surface area (Å²) in [6, 6.07) is 10.5. The molecule has 6 nitrogen and oxygen atoms in total. The molecule has 2 heterocycles. The van der Waals surface area contributed by atoms with Crippen LogP contribution in [-0.2, 0) is 30.6 Å². The summed E-state index contributed by atoms with van der Waals surface area (Å²) in [7, 11) is 0. The molecule has 2 aromatic heterocycles. The Morgan fingerprint density at radius 1 is 1.17 bits per heavy atom. The summed E-state index contributed by atoms with van der Waals surface area (Å²) in [6.45, 7) is 2.69. The summed E-state index contributed by atoms with van der Waals surface area (Å²) in [5, 5.41) is 7.98. The normalized spacial score (nSPS) is 20.3. The van der Waals surface area contributed by atoms with Gasteiger partial charge < -0.3 is 5.32 Å². The molecule has 1 aromatic carbocycles. The predicted molar refractivity (Wildman–Crippen MR) is 114 cm³/mol. The highest BCUT2D eigenvalue weighted by Gasteiger charge is 2.30. The van der Waals surface area contributed by atoms with Gasteiger partial charge in [0.25, 0.3) is 0 Å². The number of benzene rings is 1. The zero-order valence-corrected chi connectivity index (χ0v) is 17.3. The molecule has 6 heteroatoms. The second-order valence-electron chi connectivity index (χ2n) is 8.47. The zero-order valence-electron chi connectivity index (χ0n) is 17.3. The fraction of sp³-hybridized carbons (Fsp3) is 0.417. The van der Waals surface area contributed by atoms with Crippen LogP contribution in [0.15, 0.2) is 42.7 Å². The van der Waals surface area contributed by atoms with Gasteiger partial charge in [0.2, 0.25) is 5.91 Å². The molecule has 2 aliphatic rings. The first-order valence-electron chi connectivity index (χ1n) is 10.9. The molecule has 2 aliphatic carbocycles. The number of amides is 1. The van der Waals surface area contributed by atoms with Gasteiger partial charge in [-0.25, -0.2) is 9.97 Å². The number of fused-ring (bicyclic) bond motifs is 2. The average molecular weight is 402 g/mol. The summed E-state index contributed by atoms with van der Waals surface area (Å²) in [6.07, 6.45) is 9.33. The van der Waals surface area contributed by atoms with Gasteiger partial charge in [0, 0.05) is 29.1 Å². The minimum absolute atomic E-state index is 0.00598. The van der Waals surface area contributed by atoms with E-state index in [0.717, 1.165) is 62.2 Å². The molecular weight excluding hydrogens is 374 g/mol. The Morgan fingerprint density at radius 2 is 2.03 bits per heavy atom. The zero-order chi connectivity index (χ0) is 20.5. The number of hydrogen-bond donors (Lipinski definition) is 1. The summed E-state index contributed by atoms with van der Waals surface area (Å²) in [5.41, 5.74) is 5.91. The fourth-order valence-electron chi connectivity index (χ4n) is 4.78. The van der Waals surface area contributed by atoms with Crippen LogP contribution >= 0.6 is 0 Å². The summed E-state index contributed by atoms with van der Waals surface area (Å²) < 4.78 is 2.10. The van der Waals surface area contributed by atoms with Gasteiger partial charge in [0.15, 0.2) is 0 Å². The van der Waals surface area contributed by atoms with E-state index in [1.54, 1.807) is 0 Å². The number of carbonyl (C=O) groups excluding carboxylic acids is 1. The Balaban J connectivity index is 1.29. The Hall–Kier alpha value is -3.02. The fourth-order valence-corrected chi connectivity index (χ4v) is 4.78. The van der Waals surface area contributed by atoms with Crippen LogP contribution in [-0.4, -0.2) is 25.7 Å². The van der Waals surface area contributed by atoms with Gasteiger partial charge in [0.1, 0.15) is 5.82 Å². The molecule has 2 atom stereocenters. The lowest BCUT2D eigenvalue weighted by molar-refractivity contribution is -0.126. The third kappa shape index (κ3) is 3.74. The van der Waals surface area contributed by atoms with Crippen molar-refractivity contribution in [2.24, 2.45) is 5.92 Å². The summed E-state index contributed by atoms with van der Waals surface area (Å²) >= 11 is 0. The maximum atomic E-state index is 13.1. The van der Waals surface area contributed by atoms with E-state index in [1.165, 1.54) is 16.8 Å². The number of nitrogens with zero attached hydrogens (tertiary/aromatic N) is 4. The molecule has 0 aliphatic heterocycles. The minimum Gasteiger partial charge on any atom is -0.349 e. The number of aryl methyl sites for hydroxylation is 2. The lowest BCUT2D eigenvalue weighted by Crippen LogP contribution is -2.38. The van der Waals surface area contributed by atoms with Gasteiger partial charge in [0.05, 0.1) is 18.8 Å². The minimum atomic E-state index is -0.00598. The van der Waals surface area contributed by atoms with Crippen LogP contribution in [0.2, 0.25) is 0 Å². The SMILES string of the molecule is Cc1ncc2c(n1)CCC(C(=O)NC1CCCc3c1cnn3Cc1ccccc1)C2. The Kier molecular flexibility index (Phi) is 5.07. The molecule has 0 spiro atoms. The highest BCUT2D eigenvalue weighted by molar-refractivity contribution is 5.79. The van der Waals surface area contributed by atoms with Crippen LogP contribution in [0.25, 0.3) is 0 Å². The molecule has 3 aromatic rings. The van der Waals surface area contributed by atoms with Crippen molar-refractivity contribution in [3.05, 3.63) is 76.6 Å². The van der Waals surface area contributed by atoms with Crippen molar-refractivity contribution < 1.29 is 4.79 Å². The van der Waals surface area contributed by atoms with Gasteiger partial charge in [-0.3, -0.25) is 9.48 Å². The molecule has 5 rings (SSSR count). The van der Waals surface area contributed by atoms with E-state index >= 15 is 0 Å². The average Bonchev–Trinajstić information content (AvgIpc) is 3.18. The van der Waals surface area contributed by atoms with Gasteiger partial charge in [-0.1, -0.05) is 30.3 Å². The number of carbonyl (C=O) groups is 1. The molecule has 0 fully saturated rings. The molecule has 1 amide bonds.